The van der Waals surface area contributed by atoms with Gasteiger partial charge in [-0.25, -0.2) is 9.13 Å². The first-order valence-corrected chi connectivity index (χ1v) is 6.59. The van der Waals surface area contributed by atoms with Gasteiger partial charge in [0.25, 0.3) is 0 Å². The van der Waals surface area contributed by atoms with Gasteiger partial charge in [-0.2, -0.15) is 0 Å². The highest BCUT2D eigenvalue weighted by atomic mass is 32.1. The molecule has 0 fully saturated rings. The van der Waals surface area contributed by atoms with E-state index in [9.17, 15) is 9.13 Å². The van der Waals surface area contributed by atoms with Crippen molar-refractivity contribution < 1.29 is 28.0 Å². The van der Waals surface area contributed by atoms with Crippen molar-refractivity contribution in [1.29, 1.82) is 0 Å². The molecule has 0 aromatic rings. The minimum Gasteiger partial charge on any atom is -0.316 e. The molecule has 0 amide bonds. The van der Waals surface area contributed by atoms with E-state index >= 15 is 0 Å². The average molecular weight is 204 g/mol. The predicted molar refractivity (Wildman–Crippen MR) is 38.3 cm³/mol. The van der Waals surface area contributed by atoms with Crippen LogP contribution in [0.1, 0.15) is 6.92 Å². The summed E-state index contributed by atoms with van der Waals surface area (Å²) in [6.07, 6.45) is 0. The van der Waals surface area contributed by atoms with Gasteiger partial charge in [-0.1, -0.05) is 0 Å². The summed E-state index contributed by atoms with van der Waals surface area (Å²) in [7, 11) is -8.08. The van der Waals surface area contributed by atoms with Gasteiger partial charge in [-0.05, 0) is 6.92 Å². The number of hydrogen-bond donors (Lipinski definition) is 2. The minimum absolute atomic E-state index is 0.0732. The highest BCUT2D eigenvalue weighted by Crippen LogP contribution is 2.77. The van der Waals surface area contributed by atoms with Crippen LogP contribution in [-0.2, 0) is 18.2 Å². The molecule has 0 radical (unpaired) electrons. The molecule has 1 atom stereocenters. The molecule has 0 heterocycles. The topological polar surface area (TPSA) is 93.1 Å². The molecule has 0 saturated carbocycles. The second-order valence-electron chi connectivity index (χ2n) is 1.58. The van der Waals surface area contributed by atoms with Gasteiger partial charge < -0.3 is 18.8 Å². The Morgan fingerprint density at radius 3 is 1.91 bits per heavy atom. The molecule has 0 aromatic heterocycles. The van der Waals surface area contributed by atoms with E-state index in [4.69, 9.17) is 9.79 Å². The molecule has 0 rings (SSSR count). The summed E-state index contributed by atoms with van der Waals surface area (Å²) in [5.41, 5.74) is 0. The maximum Gasteiger partial charge on any atom is 0.440 e. The monoisotopic (exact) mass is 204 g/mol. The SMILES string of the molecule is CCOP(=O)(OC)P(=O)(O)O. The first-order valence-electron chi connectivity index (χ1n) is 2.73. The second kappa shape index (κ2) is 3.81. The zero-order chi connectivity index (χ0) is 9.12. The number of rotatable bonds is 4. The van der Waals surface area contributed by atoms with Crippen LogP contribution in [0.2, 0.25) is 0 Å². The van der Waals surface area contributed by atoms with Crippen molar-refractivity contribution in [2.45, 2.75) is 6.92 Å². The maximum atomic E-state index is 11.0. The van der Waals surface area contributed by atoms with Crippen LogP contribution >= 0.6 is 14.6 Å². The van der Waals surface area contributed by atoms with Crippen molar-refractivity contribution in [3.63, 3.8) is 0 Å². The lowest BCUT2D eigenvalue weighted by atomic mass is 10.9. The molecule has 0 bridgehead atoms. The molecule has 0 saturated heterocycles. The molecule has 0 aliphatic heterocycles. The lowest BCUT2D eigenvalue weighted by Crippen LogP contribution is -1.92. The average Bonchev–Trinajstić information content (AvgIpc) is 1.86. The van der Waals surface area contributed by atoms with Gasteiger partial charge in [0, 0.05) is 7.11 Å². The molecule has 0 aromatic carbocycles. The Bertz CT molecular complexity index is 206. The summed E-state index contributed by atoms with van der Waals surface area (Å²) in [6.45, 7) is 1.39. The van der Waals surface area contributed by atoms with Gasteiger partial charge in [0.05, 0.1) is 6.61 Å². The van der Waals surface area contributed by atoms with E-state index in [2.05, 4.69) is 9.05 Å². The molecule has 0 aliphatic carbocycles. The molecule has 2 N–H and O–H groups in total. The Balaban J connectivity index is 4.62. The maximum absolute atomic E-state index is 11.0. The largest absolute Gasteiger partial charge is 0.440 e. The minimum atomic E-state index is -4.79. The van der Waals surface area contributed by atoms with E-state index in [0.717, 1.165) is 7.11 Å². The third-order valence-corrected chi connectivity index (χ3v) is 5.28. The van der Waals surface area contributed by atoms with Gasteiger partial charge in [0.15, 0.2) is 0 Å². The normalized spacial score (nSPS) is 17.8. The third-order valence-electron chi connectivity index (χ3n) is 0.842. The van der Waals surface area contributed by atoms with Crippen molar-refractivity contribution in [1.82, 2.24) is 0 Å². The quantitative estimate of drug-likeness (QED) is 0.662. The molecule has 6 nitrogen and oxygen atoms in total. The first kappa shape index (κ1) is 11.3. The van der Waals surface area contributed by atoms with Crippen molar-refractivity contribution in [2.75, 3.05) is 13.7 Å². The van der Waals surface area contributed by atoms with Crippen LogP contribution in [0, 0.1) is 0 Å². The van der Waals surface area contributed by atoms with E-state index in [1.807, 2.05) is 0 Å². The zero-order valence-electron chi connectivity index (χ0n) is 6.13. The molecule has 0 spiro atoms. The number of hydrogen-bond acceptors (Lipinski definition) is 4. The Morgan fingerprint density at radius 2 is 1.82 bits per heavy atom. The Hall–Kier alpha value is 0.300. The van der Waals surface area contributed by atoms with Crippen molar-refractivity contribution in [2.24, 2.45) is 0 Å². The molecule has 68 valence electrons. The van der Waals surface area contributed by atoms with E-state index < -0.39 is 14.6 Å². The van der Waals surface area contributed by atoms with Crippen molar-refractivity contribution >= 4 is 14.6 Å². The third kappa shape index (κ3) is 2.67. The summed E-state index contributed by atoms with van der Waals surface area (Å²) >= 11 is 0. The standard InChI is InChI=1S/C3H10O6P2/c1-3-9-11(7,8-2)10(4,5)6/h3H2,1-2H3,(H2,4,5,6). The van der Waals surface area contributed by atoms with Gasteiger partial charge in [-0.3, -0.25) is 0 Å². The highest BCUT2D eigenvalue weighted by molar-refractivity contribution is 8.26. The summed E-state index contributed by atoms with van der Waals surface area (Å²) in [5, 5.41) is 0. The van der Waals surface area contributed by atoms with Crippen LogP contribution in [-0.4, -0.2) is 23.5 Å². The summed E-state index contributed by atoms with van der Waals surface area (Å²) in [4.78, 5) is 16.9. The Labute approximate surface area is 64.1 Å². The lowest BCUT2D eigenvalue weighted by molar-refractivity contribution is 0.245. The molecule has 0 aliphatic rings. The molecular formula is C3H10O6P2. The fourth-order valence-corrected chi connectivity index (χ4v) is 2.63. The van der Waals surface area contributed by atoms with Gasteiger partial charge in [0.2, 0.25) is 0 Å². The zero-order valence-corrected chi connectivity index (χ0v) is 7.92. The molecule has 11 heavy (non-hydrogen) atoms. The van der Waals surface area contributed by atoms with Crippen LogP contribution < -0.4 is 0 Å². The van der Waals surface area contributed by atoms with Crippen LogP contribution in [0.5, 0.6) is 0 Å². The Kier molecular flexibility index (Phi) is 3.91. The summed E-state index contributed by atoms with van der Waals surface area (Å²) in [6, 6.07) is 0. The van der Waals surface area contributed by atoms with Crippen LogP contribution in [0.3, 0.4) is 0 Å². The lowest BCUT2D eigenvalue weighted by Gasteiger charge is -2.15. The molecular weight excluding hydrogens is 194 g/mol. The fourth-order valence-electron chi connectivity index (χ4n) is 0.397. The second-order valence-corrected chi connectivity index (χ2v) is 7.20. The van der Waals surface area contributed by atoms with E-state index in [0.29, 0.717) is 0 Å². The van der Waals surface area contributed by atoms with Crippen LogP contribution in [0.15, 0.2) is 0 Å². The van der Waals surface area contributed by atoms with Gasteiger partial charge in [0.1, 0.15) is 0 Å². The molecule has 1 unspecified atom stereocenters. The van der Waals surface area contributed by atoms with Gasteiger partial charge in [-0.15, -0.1) is 0 Å². The van der Waals surface area contributed by atoms with E-state index in [1.165, 1.54) is 6.92 Å². The predicted octanol–water partition coefficient (Wildman–Crippen LogP) is 0.955. The fraction of sp³-hybridized carbons (Fsp3) is 1.00. The molecule has 8 heteroatoms. The van der Waals surface area contributed by atoms with Gasteiger partial charge >= 0.3 is 14.6 Å². The first-order chi connectivity index (χ1) is 4.87. The smallest absolute Gasteiger partial charge is 0.316 e. The van der Waals surface area contributed by atoms with Crippen LogP contribution in [0.4, 0.5) is 0 Å². The summed E-state index contributed by atoms with van der Waals surface area (Å²) in [5.74, 6) is 0. The Morgan fingerprint density at radius 1 is 1.36 bits per heavy atom. The highest BCUT2D eigenvalue weighted by Gasteiger charge is 2.44. The summed E-state index contributed by atoms with van der Waals surface area (Å²) < 4.78 is 29.9. The van der Waals surface area contributed by atoms with E-state index in [-0.39, 0.29) is 6.61 Å². The van der Waals surface area contributed by atoms with Crippen molar-refractivity contribution in [3.05, 3.63) is 0 Å². The van der Waals surface area contributed by atoms with E-state index in [1.54, 1.807) is 0 Å². The van der Waals surface area contributed by atoms with Crippen LogP contribution in [0.25, 0.3) is 0 Å². The van der Waals surface area contributed by atoms with Crippen molar-refractivity contribution in [3.8, 4) is 0 Å².